The lowest BCUT2D eigenvalue weighted by Crippen LogP contribution is -2.50. The molecule has 0 aromatic carbocycles. The molecule has 1 aromatic heterocycles. The number of likely N-dealkylation sites (tertiary alicyclic amines) is 1. The van der Waals surface area contributed by atoms with Crippen LogP contribution in [0, 0.1) is 12.3 Å². The van der Waals surface area contributed by atoms with E-state index in [1.807, 2.05) is 4.90 Å². The van der Waals surface area contributed by atoms with Gasteiger partial charge in [0.1, 0.15) is 0 Å². The van der Waals surface area contributed by atoms with Gasteiger partial charge in [0.15, 0.2) is 0 Å². The molecule has 2 N–H and O–H groups in total. The number of nitrogens with zero attached hydrogens (tertiary/aromatic N) is 1. The van der Waals surface area contributed by atoms with Crippen molar-refractivity contribution in [2.24, 2.45) is 5.41 Å². The number of nitrogens with one attached hydrogen (secondary N) is 2. The number of rotatable bonds is 3. The van der Waals surface area contributed by atoms with Crippen molar-refractivity contribution in [1.82, 2.24) is 14.9 Å². The third-order valence-corrected chi connectivity index (χ3v) is 5.65. The van der Waals surface area contributed by atoms with Crippen molar-refractivity contribution in [2.45, 2.75) is 51.6 Å². The van der Waals surface area contributed by atoms with Gasteiger partial charge in [-0.3, -0.25) is 14.6 Å². The number of aryl methyl sites for hydroxylation is 1. The van der Waals surface area contributed by atoms with E-state index in [0.29, 0.717) is 17.8 Å². The Bertz CT molecular complexity index is 738. The number of aromatic amines is 2. The molecule has 2 heterocycles. The van der Waals surface area contributed by atoms with Crippen LogP contribution in [0.3, 0.4) is 0 Å². The van der Waals surface area contributed by atoms with Crippen molar-refractivity contribution in [2.75, 3.05) is 20.2 Å². The van der Waals surface area contributed by atoms with Gasteiger partial charge in [-0.2, -0.15) is 0 Å². The van der Waals surface area contributed by atoms with Crippen LogP contribution in [0.4, 0.5) is 0 Å². The maximum atomic E-state index is 12.7. The normalized spacial score (nSPS) is 26.9. The molecule has 1 aromatic rings. The maximum Gasteiger partial charge on any atom is 0.325 e. The van der Waals surface area contributed by atoms with E-state index in [1.54, 1.807) is 14.0 Å². The summed E-state index contributed by atoms with van der Waals surface area (Å²) in [5.41, 5.74) is -0.158. The summed E-state index contributed by atoms with van der Waals surface area (Å²) in [6.45, 7) is 3.07. The zero-order valence-corrected chi connectivity index (χ0v) is 14.3. The first-order valence-corrected chi connectivity index (χ1v) is 8.58. The third-order valence-electron chi connectivity index (χ3n) is 5.65. The van der Waals surface area contributed by atoms with Gasteiger partial charge < -0.3 is 14.6 Å². The number of aromatic nitrogens is 2. The minimum absolute atomic E-state index is 0.0195. The molecule has 0 unspecified atom stereocenters. The van der Waals surface area contributed by atoms with Crippen LogP contribution in [0.2, 0.25) is 0 Å². The maximum absolute atomic E-state index is 12.7. The Morgan fingerprint density at radius 1 is 1.29 bits per heavy atom. The molecule has 1 saturated carbocycles. The summed E-state index contributed by atoms with van der Waals surface area (Å²) in [6, 6.07) is 0. The molecule has 0 radical (unpaired) electrons. The zero-order valence-electron chi connectivity index (χ0n) is 14.3. The highest BCUT2D eigenvalue weighted by Crippen LogP contribution is 2.46. The average Bonchev–Trinajstić information content (AvgIpc) is 2.92. The number of piperidine rings is 1. The molecule has 2 fully saturated rings. The molecule has 1 saturated heterocycles. The fraction of sp³-hybridized carbons (Fsp3) is 0.706. The molecule has 3 rings (SSSR count). The molecule has 1 aliphatic carbocycles. The van der Waals surface area contributed by atoms with Crippen LogP contribution in [0.15, 0.2) is 9.59 Å². The Morgan fingerprint density at radius 3 is 2.75 bits per heavy atom. The van der Waals surface area contributed by atoms with E-state index in [1.165, 1.54) is 0 Å². The Morgan fingerprint density at radius 2 is 2.04 bits per heavy atom. The summed E-state index contributed by atoms with van der Waals surface area (Å²) < 4.78 is 5.67. The first-order valence-electron chi connectivity index (χ1n) is 8.58. The van der Waals surface area contributed by atoms with Crippen molar-refractivity contribution in [3.8, 4) is 0 Å². The molecule has 1 amide bonds. The van der Waals surface area contributed by atoms with Gasteiger partial charge in [-0.05, 0) is 32.6 Å². The smallest absolute Gasteiger partial charge is 0.325 e. The monoisotopic (exact) mass is 335 g/mol. The first-order chi connectivity index (χ1) is 11.4. The fourth-order valence-electron chi connectivity index (χ4n) is 4.42. The predicted octanol–water partition coefficient (Wildman–Crippen LogP) is 0.722. The molecule has 2 aliphatic rings. The van der Waals surface area contributed by atoms with E-state index in [9.17, 15) is 14.4 Å². The van der Waals surface area contributed by atoms with E-state index >= 15 is 0 Å². The van der Waals surface area contributed by atoms with Gasteiger partial charge >= 0.3 is 5.69 Å². The SMILES string of the molecule is CO[C@@H]1CCC[C@@]12CCCN(C(=O)Cc1c(C)[nH]c(=O)[nH]c1=O)C2. The summed E-state index contributed by atoms with van der Waals surface area (Å²) in [6.07, 6.45) is 5.57. The molecular weight excluding hydrogens is 310 g/mol. The summed E-state index contributed by atoms with van der Waals surface area (Å²) >= 11 is 0. The second-order valence-corrected chi connectivity index (χ2v) is 7.09. The number of hydrogen-bond acceptors (Lipinski definition) is 4. The van der Waals surface area contributed by atoms with Crippen molar-refractivity contribution >= 4 is 5.91 Å². The van der Waals surface area contributed by atoms with Crippen molar-refractivity contribution in [1.29, 1.82) is 0 Å². The van der Waals surface area contributed by atoms with Crippen LogP contribution in [-0.4, -0.2) is 47.1 Å². The van der Waals surface area contributed by atoms with Gasteiger partial charge in [0, 0.05) is 36.9 Å². The summed E-state index contributed by atoms with van der Waals surface area (Å²) in [5.74, 6) is -0.0588. The highest BCUT2D eigenvalue weighted by Gasteiger charge is 2.46. The molecule has 0 bridgehead atoms. The van der Waals surface area contributed by atoms with E-state index in [2.05, 4.69) is 9.97 Å². The second-order valence-electron chi connectivity index (χ2n) is 7.09. The van der Waals surface area contributed by atoms with Crippen LogP contribution >= 0.6 is 0 Å². The quantitative estimate of drug-likeness (QED) is 0.851. The van der Waals surface area contributed by atoms with E-state index in [-0.39, 0.29) is 23.8 Å². The first kappa shape index (κ1) is 17.0. The summed E-state index contributed by atoms with van der Waals surface area (Å²) in [7, 11) is 1.75. The number of amides is 1. The number of hydrogen-bond donors (Lipinski definition) is 2. The largest absolute Gasteiger partial charge is 0.381 e. The van der Waals surface area contributed by atoms with Gasteiger partial charge in [-0.25, -0.2) is 4.79 Å². The number of carbonyl (C=O) groups excluding carboxylic acids is 1. The van der Waals surface area contributed by atoms with Gasteiger partial charge in [0.25, 0.3) is 5.56 Å². The molecule has 1 aliphatic heterocycles. The van der Waals surface area contributed by atoms with E-state index < -0.39 is 11.2 Å². The topological polar surface area (TPSA) is 95.3 Å². The van der Waals surface area contributed by atoms with E-state index in [0.717, 1.165) is 38.6 Å². The molecule has 7 heteroatoms. The molecule has 1 spiro atoms. The zero-order chi connectivity index (χ0) is 17.3. The van der Waals surface area contributed by atoms with Crippen molar-refractivity contribution < 1.29 is 9.53 Å². The number of methoxy groups -OCH3 is 1. The van der Waals surface area contributed by atoms with Gasteiger partial charge in [-0.15, -0.1) is 0 Å². The third kappa shape index (κ3) is 3.05. The lowest BCUT2D eigenvalue weighted by atomic mass is 9.76. The number of H-pyrrole nitrogens is 2. The fourth-order valence-corrected chi connectivity index (χ4v) is 4.42. The standard InChI is InChI=1S/C17H25N3O4/c1-11-12(15(22)19-16(23)18-11)9-14(21)20-8-4-7-17(10-20)6-3-5-13(17)24-2/h13H,3-10H2,1-2H3,(H2,18,19,22,23)/t13-,17+/m1/s1. The number of carbonyl (C=O) groups is 1. The van der Waals surface area contributed by atoms with E-state index in [4.69, 9.17) is 4.74 Å². The lowest BCUT2D eigenvalue weighted by Gasteiger charge is -2.43. The van der Waals surface area contributed by atoms with Gasteiger partial charge in [-0.1, -0.05) is 6.42 Å². The minimum atomic E-state index is -0.542. The minimum Gasteiger partial charge on any atom is -0.381 e. The summed E-state index contributed by atoms with van der Waals surface area (Å²) in [5, 5.41) is 0. The number of ether oxygens (including phenoxy) is 1. The molecule has 2 atom stereocenters. The van der Waals surface area contributed by atoms with Crippen LogP contribution in [0.5, 0.6) is 0 Å². The van der Waals surface area contributed by atoms with Crippen LogP contribution in [0.25, 0.3) is 0 Å². The molecule has 7 nitrogen and oxygen atoms in total. The van der Waals surface area contributed by atoms with Crippen molar-refractivity contribution in [3.05, 3.63) is 32.1 Å². The average molecular weight is 335 g/mol. The molecule has 24 heavy (non-hydrogen) atoms. The highest BCUT2D eigenvalue weighted by atomic mass is 16.5. The predicted molar refractivity (Wildman–Crippen MR) is 89.0 cm³/mol. The Kier molecular flexibility index (Phi) is 4.62. The second kappa shape index (κ2) is 6.55. The van der Waals surface area contributed by atoms with Crippen molar-refractivity contribution in [3.63, 3.8) is 0 Å². The summed E-state index contributed by atoms with van der Waals surface area (Å²) in [4.78, 5) is 42.6. The highest BCUT2D eigenvalue weighted by molar-refractivity contribution is 5.79. The Balaban J connectivity index is 1.76. The van der Waals surface area contributed by atoms with Gasteiger partial charge in [0.2, 0.25) is 5.91 Å². The molecular formula is C17H25N3O4. The molecule has 132 valence electrons. The van der Waals surface area contributed by atoms with Crippen LogP contribution in [-0.2, 0) is 16.0 Å². The lowest BCUT2D eigenvalue weighted by molar-refractivity contribution is -0.136. The van der Waals surface area contributed by atoms with Crippen LogP contribution < -0.4 is 11.2 Å². The van der Waals surface area contributed by atoms with Crippen LogP contribution in [0.1, 0.15) is 43.4 Å². The Hall–Kier alpha value is -1.89. The van der Waals surface area contributed by atoms with Gasteiger partial charge in [0.05, 0.1) is 12.5 Å². The Labute approximate surface area is 140 Å².